The van der Waals surface area contributed by atoms with Crippen molar-refractivity contribution in [2.45, 2.75) is 19.3 Å². The summed E-state index contributed by atoms with van der Waals surface area (Å²) in [4.78, 5) is 18.6. The minimum Gasteiger partial charge on any atom is -0.378 e. The van der Waals surface area contributed by atoms with E-state index in [1.165, 1.54) is 12.1 Å². The Morgan fingerprint density at radius 1 is 1.07 bits per heavy atom. The molecule has 0 atom stereocenters. The Balaban J connectivity index is 1.51. The Morgan fingerprint density at radius 3 is 2.43 bits per heavy atom. The van der Waals surface area contributed by atoms with Crippen LogP contribution in [0.15, 0.2) is 42.6 Å². The Bertz CT molecular complexity index is 791. The third-order valence-corrected chi connectivity index (χ3v) is 4.35. The number of carbonyl (C=O) groups excluding carboxylic acids is 1. The van der Waals surface area contributed by atoms with Crippen LogP contribution in [0.5, 0.6) is 0 Å². The third kappa shape index (κ3) is 5.35. The zero-order valence-electron chi connectivity index (χ0n) is 15.1. The number of hydrogen-bond donors (Lipinski definition) is 2. The fourth-order valence-electron chi connectivity index (χ4n) is 2.86. The van der Waals surface area contributed by atoms with Crippen LogP contribution in [0, 0.1) is 0 Å². The molecule has 1 fully saturated rings. The second kappa shape index (κ2) is 8.92. The topological polar surface area (TPSA) is 66.5 Å². The van der Waals surface area contributed by atoms with Gasteiger partial charge in [0.05, 0.1) is 18.8 Å². The van der Waals surface area contributed by atoms with E-state index in [-0.39, 0.29) is 6.54 Å². The van der Waals surface area contributed by atoms with Crippen molar-refractivity contribution in [3.05, 3.63) is 59.3 Å². The molecular weight excluding hydrogens is 373 g/mol. The molecule has 1 aliphatic rings. The number of aromatic nitrogens is 1. The fraction of sp³-hybridized carbons (Fsp3) is 0.368. The molecule has 2 heterocycles. The minimum atomic E-state index is -4.37. The number of amides is 2. The van der Waals surface area contributed by atoms with Crippen molar-refractivity contribution in [1.82, 2.24) is 15.6 Å². The molecule has 150 valence electrons. The average molecular weight is 394 g/mol. The van der Waals surface area contributed by atoms with Crippen LogP contribution in [-0.4, -0.2) is 37.3 Å². The highest BCUT2D eigenvalue weighted by atomic mass is 19.4. The monoisotopic (exact) mass is 394 g/mol. The summed E-state index contributed by atoms with van der Waals surface area (Å²) in [6.07, 6.45) is -2.66. The van der Waals surface area contributed by atoms with Gasteiger partial charge in [0.25, 0.3) is 0 Å². The van der Waals surface area contributed by atoms with Crippen molar-refractivity contribution < 1.29 is 22.7 Å². The maximum Gasteiger partial charge on any atom is 0.416 e. The molecule has 0 radical (unpaired) electrons. The summed E-state index contributed by atoms with van der Waals surface area (Å²) < 4.78 is 43.0. The zero-order valence-corrected chi connectivity index (χ0v) is 15.1. The minimum absolute atomic E-state index is 0.132. The molecule has 0 aliphatic carbocycles. The standard InChI is InChI=1S/C19H21F3N4O2/c20-19(21,22)16-5-3-14(4-6-16)12-24-18(27)25-13-15-2-1-7-23-17(15)26-8-10-28-11-9-26/h1-7H,8-13H2,(H2,24,25,27). The lowest BCUT2D eigenvalue weighted by molar-refractivity contribution is -0.137. The van der Waals surface area contributed by atoms with Crippen LogP contribution in [0.2, 0.25) is 0 Å². The van der Waals surface area contributed by atoms with Gasteiger partial charge in [0, 0.05) is 37.9 Å². The molecule has 2 N–H and O–H groups in total. The van der Waals surface area contributed by atoms with Gasteiger partial charge in [-0.3, -0.25) is 0 Å². The molecule has 6 nitrogen and oxygen atoms in total. The van der Waals surface area contributed by atoms with Crippen LogP contribution in [0.3, 0.4) is 0 Å². The van der Waals surface area contributed by atoms with Gasteiger partial charge >= 0.3 is 12.2 Å². The van der Waals surface area contributed by atoms with E-state index >= 15 is 0 Å². The van der Waals surface area contributed by atoms with Gasteiger partial charge in [-0.1, -0.05) is 18.2 Å². The number of nitrogens with one attached hydrogen (secondary N) is 2. The Labute approximate surface area is 160 Å². The number of nitrogens with zero attached hydrogens (tertiary/aromatic N) is 2. The second-order valence-corrected chi connectivity index (χ2v) is 6.32. The van der Waals surface area contributed by atoms with Gasteiger partial charge in [0.1, 0.15) is 5.82 Å². The van der Waals surface area contributed by atoms with E-state index in [1.807, 2.05) is 6.07 Å². The SMILES string of the molecule is O=C(NCc1ccc(C(F)(F)F)cc1)NCc1cccnc1N1CCOCC1. The van der Waals surface area contributed by atoms with E-state index in [9.17, 15) is 18.0 Å². The highest BCUT2D eigenvalue weighted by Crippen LogP contribution is 2.29. The lowest BCUT2D eigenvalue weighted by atomic mass is 10.1. The zero-order chi connectivity index (χ0) is 20.0. The van der Waals surface area contributed by atoms with Crippen LogP contribution in [0.1, 0.15) is 16.7 Å². The molecule has 9 heteroatoms. The predicted molar refractivity (Wildman–Crippen MR) is 97.8 cm³/mol. The van der Waals surface area contributed by atoms with Gasteiger partial charge in [-0.15, -0.1) is 0 Å². The lowest BCUT2D eigenvalue weighted by Gasteiger charge is -2.29. The number of halogens is 3. The van der Waals surface area contributed by atoms with E-state index in [4.69, 9.17) is 4.74 Å². The molecule has 3 rings (SSSR count). The van der Waals surface area contributed by atoms with Crippen LogP contribution in [0.4, 0.5) is 23.8 Å². The van der Waals surface area contributed by atoms with E-state index in [2.05, 4.69) is 20.5 Å². The van der Waals surface area contributed by atoms with E-state index < -0.39 is 17.8 Å². The molecule has 0 saturated carbocycles. The van der Waals surface area contributed by atoms with E-state index in [0.717, 1.165) is 36.6 Å². The Hall–Kier alpha value is -2.81. The van der Waals surface area contributed by atoms with Gasteiger partial charge in [-0.25, -0.2) is 9.78 Å². The van der Waals surface area contributed by atoms with Crippen LogP contribution in [-0.2, 0) is 24.0 Å². The number of pyridine rings is 1. The molecule has 1 aliphatic heterocycles. The van der Waals surface area contributed by atoms with Crippen LogP contribution in [0.25, 0.3) is 0 Å². The smallest absolute Gasteiger partial charge is 0.378 e. The van der Waals surface area contributed by atoms with Crippen molar-refractivity contribution in [3.8, 4) is 0 Å². The van der Waals surface area contributed by atoms with Crippen molar-refractivity contribution in [1.29, 1.82) is 0 Å². The number of benzene rings is 1. The lowest BCUT2D eigenvalue weighted by Crippen LogP contribution is -2.38. The first-order valence-electron chi connectivity index (χ1n) is 8.88. The summed E-state index contributed by atoms with van der Waals surface area (Å²) in [5.41, 5.74) is 0.750. The summed E-state index contributed by atoms with van der Waals surface area (Å²) >= 11 is 0. The molecule has 28 heavy (non-hydrogen) atoms. The molecule has 1 saturated heterocycles. The first kappa shape index (κ1) is 19.9. The number of carbonyl (C=O) groups is 1. The normalized spacial score (nSPS) is 14.6. The summed E-state index contributed by atoms with van der Waals surface area (Å²) in [5.74, 6) is 0.814. The average Bonchev–Trinajstić information content (AvgIpc) is 2.71. The highest BCUT2D eigenvalue weighted by molar-refractivity contribution is 5.74. The number of ether oxygens (including phenoxy) is 1. The highest BCUT2D eigenvalue weighted by Gasteiger charge is 2.29. The van der Waals surface area contributed by atoms with Gasteiger partial charge in [-0.05, 0) is 23.8 Å². The first-order chi connectivity index (χ1) is 13.4. The number of hydrogen-bond acceptors (Lipinski definition) is 4. The van der Waals surface area contributed by atoms with Crippen LogP contribution < -0.4 is 15.5 Å². The number of urea groups is 1. The molecule has 0 spiro atoms. The fourth-order valence-corrected chi connectivity index (χ4v) is 2.86. The van der Waals surface area contributed by atoms with Crippen molar-refractivity contribution in [3.63, 3.8) is 0 Å². The van der Waals surface area contributed by atoms with Crippen molar-refractivity contribution in [2.24, 2.45) is 0 Å². The summed E-state index contributed by atoms with van der Waals surface area (Å²) in [6.45, 7) is 3.18. The van der Waals surface area contributed by atoms with Crippen molar-refractivity contribution >= 4 is 11.8 Å². The molecule has 0 bridgehead atoms. The van der Waals surface area contributed by atoms with Gasteiger partial charge < -0.3 is 20.3 Å². The summed E-state index contributed by atoms with van der Waals surface area (Å²) in [7, 11) is 0. The van der Waals surface area contributed by atoms with E-state index in [1.54, 1.807) is 12.3 Å². The van der Waals surface area contributed by atoms with E-state index in [0.29, 0.717) is 25.3 Å². The number of anilines is 1. The molecule has 1 aromatic carbocycles. The van der Waals surface area contributed by atoms with Gasteiger partial charge in [-0.2, -0.15) is 13.2 Å². The Kier molecular flexibility index (Phi) is 6.35. The predicted octanol–water partition coefficient (Wildman–Crippen LogP) is 2.94. The first-order valence-corrected chi connectivity index (χ1v) is 8.88. The number of alkyl halides is 3. The molecular formula is C19H21F3N4O2. The molecule has 0 unspecified atom stereocenters. The Morgan fingerprint density at radius 2 is 1.75 bits per heavy atom. The number of rotatable bonds is 5. The molecule has 2 amide bonds. The second-order valence-electron chi connectivity index (χ2n) is 6.32. The van der Waals surface area contributed by atoms with Gasteiger partial charge in [0.2, 0.25) is 0 Å². The quantitative estimate of drug-likeness (QED) is 0.819. The molecule has 1 aromatic heterocycles. The summed E-state index contributed by atoms with van der Waals surface area (Å²) in [5, 5.41) is 5.40. The third-order valence-electron chi connectivity index (χ3n) is 4.35. The van der Waals surface area contributed by atoms with Gasteiger partial charge in [0.15, 0.2) is 0 Å². The summed E-state index contributed by atoms with van der Waals surface area (Å²) in [6, 6.07) is 7.99. The number of morpholine rings is 1. The van der Waals surface area contributed by atoms with Crippen LogP contribution >= 0.6 is 0 Å². The largest absolute Gasteiger partial charge is 0.416 e. The maximum atomic E-state index is 12.6. The maximum absolute atomic E-state index is 12.6. The van der Waals surface area contributed by atoms with Crippen molar-refractivity contribution in [2.75, 3.05) is 31.2 Å². The molecule has 2 aromatic rings.